The van der Waals surface area contributed by atoms with E-state index in [0.29, 0.717) is 37.3 Å². The number of carbonyl (C=O) groups excluding carboxylic acids is 1. The largest absolute Gasteiger partial charge is 0.348 e. The summed E-state index contributed by atoms with van der Waals surface area (Å²) in [6.45, 7) is 4.12. The van der Waals surface area contributed by atoms with E-state index < -0.39 is 14.9 Å². The summed E-state index contributed by atoms with van der Waals surface area (Å²) in [6.07, 6.45) is 0. The van der Waals surface area contributed by atoms with Crippen LogP contribution in [-0.4, -0.2) is 61.7 Å². The molecule has 30 heavy (non-hydrogen) atoms. The highest BCUT2D eigenvalue weighted by Gasteiger charge is 2.27. The minimum atomic E-state index is -3.53. The van der Waals surface area contributed by atoms with Crippen molar-refractivity contribution in [1.82, 2.24) is 14.5 Å². The lowest BCUT2D eigenvalue weighted by molar-refractivity contribution is -0.385. The fraction of sp³-hybridized carbons (Fsp3) is 0.350. The van der Waals surface area contributed by atoms with E-state index in [1.807, 2.05) is 7.05 Å². The topological polar surface area (TPSA) is 113 Å². The van der Waals surface area contributed by atoms with Gasteiger partial charge in [-0.25, -0.2) is 8.42 Å². The van der Waals surface area contributed by atoms with E-state index in [2.05, 4.69) is 10.2 Å². The lowest BCUT2D eigenvalue weighted by Crippen LogP contribution is -2.47. The van der Waals surface area contributed by atoms with E-state index in [9.17, 15) is 23.3 Å². The number of nitro benzene ring substituents is 1. The summed E-state index contributed by atoms with van der Waals surface area (Å²) in [6, 6.07) is 10.6. The molecule has 0 saturated carbocycles. The van der Waals surface area contributed by atoms with E-state index in [-0.39, 0.29) is 23.0 Å². The fourth-order valence-electron chi connectivity index (χ4n) is 3.24. The average molecular weight is 433 g/mol. The Labute approximate surface area is 175 Å². The van der Waals surface area contributed by atoms with Crippen LogP contribution in [0.5, 0.6) is 0 Å². The Bertz CT molecular complexity index is 1050. The number of hydrogen-bond donors (Lipinski definition) is 1. The molecule has 0 spiro atoms. The first-order valence-corrected chi connectivity index (χ1v) is 10.9. The number of nitrogens with zero attached hydrogens (tertiary/aromatic N) is 3. The second-order valence-corrected chi connectivity index (χ2v) is 9.23. The number of nitrogens with one attached hydrogen (secondary N) is 1. The Morgan fingerprint density at radius 3 is 2.30 bits per heavy atom. The van der Waals surface area contributed by atoms with Gasteiger partial charge in [0.2, 0.25) is 10.0 Å². The molecule has 0 atom stereocenters. The van der Waals surface area contributed by atoms with E-state index >= 15 is 0 Å². The molecule has 10 heteroatoms. The number of sulfonamides is 1. The van der Waals surface area contributed by atoms with Gasteiger partial charge in [-0.15, -0.1) is 0 Å². The van der Waals surface area contributed by atoms with E-state index in [0.717, 1.165) is 5.56 Å². The summed E-state index contributed by atoms with van der Waals surface area (Å²) in [5.41, 5.74) is 1.45. The molecule has 1 saturated heterocycles. The molecule has 0 bridgehead atoms. The Kier molecular flexibility index (Phi) is 6.49. The summed E-state index contributed by atoms with van der Waals surface area (Å²) >= 11 is 0. The molecule has 0 unspecified atom stereocenters. The van der Waals surface area contributed by atoms with Gasteiger partial charge >= 0.3 is 0 Å². The quantitative estimate of drug-likeness (QED) is 0.550. The maximum Gasteiger partial charge on any atom is 0.272 e. The molecule has 1 fully saturated rings. The third-order valence-corrected chi connectivity index (χ3v) is 7.04. The molecule has 1 amide bonds. The maximum absolute atomic E-state index is 12.8. The van der Waals surface area contributed by atoms with Crippen molar-refractivity contribution in [2.75, 3.05) is 33.2 Å². The Morgan fingerprint density at radius 1 is 1.10 bits per heavy atom. The zero-order chi connectivity index (χ0) is 21.9. The molecule has 9 nitrogen and oxygen atoms in total. The molecule has 2 aromatic carbocycles. The van der Waals surface area contributed by atoms with Crippen LogP contribution in [0.25, 0.3) is 0 Å². The van der Waals surface area contributed by atoms with E-state index in [1.165, 1.54) is 22.5 Å². The normalized spacial score (nSPS) is 15.7. The summed E-state index contributed by atoms with van der Waals surface area (Å²) in [4.78, 5) is 25.0. The molecule has 160 valence electrons. The van der Waals surface area contributed by atoms with Crippen LogP contribution in [0.4, 0.5) is 5.69 Å². The second-order valence-electron chi connectivity index (χ2n) is 7.29. The van der Waals surface area contributed by atoms with Gasteiger partial charge in [0.05, 0.1) is 9.82 Å². The number of piperazine rings is 1. The van der Waals surface area contributed by atoms with Crippen molar-refractivity contribution in [2.24, 2.45) is 0 Å². The molecular formula is C20H24N4O5S. The van der Waals surface area contributed by atoms with Crippen LogP contribution >= 0.6 is 0 Å². The van der Waals surface area contributed by atoms with Crippen LogP contribution in [0.1, 0.15) is 21.5 Å². The smallest absolute Gasteiger partial charge is 0.272 e. The molecule has 3 rings (SSSR count). The van der Waals surface area contributed by atoms with Crippen LogP contribution in [0, 0.1) is 17.0 Å². The minimum absolute atomic E-state index is 0.0382. The van der Waals surface area contributed by atoms with Gasteiger partial charge < -0.3 is 10.2 Å². The SMILES string of the molecule is Cc1cc(C(=O)NCc2ccc(S(=O)(=O)N3CCN(C)CC3)cc2)ccc1[N+](=O)[O-]. The fourth-order valence-corrected chi connectivity index (χ4v) is 4.66. The minimum Gasteiger partial charge on any atom is -0.348 e. The van der Waals surface area contributed by atoms with Gasteiger partial charge in [-0.1, -0.05) is 12.1 Å². The van der Waals surface area contributed by atoms with Gasteiger partial charge in [-0.3, -0.25) is 14.9 Å². The highest BCUT2D eigenvalue weighted by molar-refractivity contribution is 7.89. The Balaban J connectivity index is 1.62. The van der Waals surface area contributed by atoms with Crippen molar-refractivity contribution in [3.63, 3.8) is 0 Å². The number of amides is 1. The van der Waals surface area contributed by atoms with Crippen molar-refractivity contribution in [3.8, 4) is 0 Å². The zero-order valence-corrected chi connectivity index (χ0v) is 17.7. The lowest BCUT2D eigenvalue weighted by atomic mass is 10.1. The summed E-state index contributed by atoms with van der Waals surface area (Å²) < 4.78 is 27.0. The number of hydrogen-bond acceptors (Lipinski definition) is 6. The molecule has 0 aromatic heterocycles. The van der Waals surface area contributed by atoms with Gasteiger partial charge in [0, 0.05) is 49.9 Å². The number of carbonyl (C=O) groups is 1. The summed E-state index contributed by atoms with van der Waals surface area (Å²) in [5, 5.41) is 13.6. The Hall–Kier alpha value is -2.82. The molecule has 1 heterocycles. The van der Waals surface area contributed by atoms with E-state index in [4.69, 9.17) is 0 Å². The third-order valence-electron chi connectivity index (χ3n) is 5.13. The first-order chi connectivity index (χ1) is 14.2. The zero-order valence-electron chi connectivity index (χ0n) is 16.9. The molecule has 0 radical (unpaired) electrons. The first kappa shape index (κ1) is 21.9. The number of likely N-dealkylation sites (N-methyl/N-ethyl adjacent to an activating group) is 1. The molecule has 1 N–H and O–H groups in total. The van der Waals surface area contributed by atoms with Crippen LogP contribution in [0.15, 0.2) is 47.4 Å². The predicted molar refractivity (Wildman–Crippen MR) is 112 cm³/mol. The van der Waals surface area contributed by atoms with Crippen LogP contribution in [0.3, 0.4) is 0 Å². The summed E-state index contributed by atoms with van der Waals surface area (Å²) in [7, 11) is -1.56. The molecule has 0 aliphatic carbocycles. The van der Waals surface area contributed by atoms with Crippen molar-refractivity contribution in [3.05, 3.63) is 69.3 Å². The number of aryl methyl sites for hydroxylation is 1. The van der Waals surface area contributed by atoms with Crippen molar-refractivity contribution < 1.29 is 18.1 Å². The number of rotatable bonds is 6. The van der Waals surface area contributed by atoms with E-state index in [1.54, 1.807) is 31.2 Å². The highest BCUT2D eigenvalue weighted by atomic mass is 32.2. The van der Waals surface area contributed by atoms with Crippen LogP contribution in [-0.2, 0) is 16.6 Å². The second kappa shape index (κ2) is 8.90. The standard InChI is InChI=1S/C20H24N4O5S/c1-15-13-17(5-8-19(15)24(26)27)20(25)21-14-16-3-6-18(7-4-16)30(28,29)23-11-9-22(2)10-12-23/h3-8,13H,9-12,14H2,1-2H3,(H,21,25). The Morgan fingerprint density at radius 2 is 1.73 bits per heavy atom. The first-order valence-electron chi connectivity index (χ1n) is 9.49. The highest BCUT2D eigenvalue weighted by Crippen LogP contribution is 2.20. The maximum atomic E-state index is 12.8. The average Bonchev–Trinajstić information content (AvgIpc) is 2.72. The third kappa shape index (κ3) is 4.84. The number of nitro groups is 1. The summed E-state index contributed by atoms with van der Waals surface area (Å²) in [5.74, 6) is -0.359. The van der Waals surface area contributed by atoms with Crippen molar-refractivity contribution >= 4 is 21.6 Å². The van der Waals surface area contributed by atoms with Crippen LogP contribution < -0.4 is 5.32 Å². The lowest BCUT2D eigenvalue weighted by Gasteiger charge is -2.31. The van der Waals surface area contributed by atoms with Crippen molar-refractivity contribution in [2.45, 2.75) is 18.4 Å². The molecule has 1 aliphatic rings. The van der Waals surface area contributed by atoms with Gasteiger partial charge in [-0.05, 0) is 43.8 Å². The predicted octanol–water partition coefficient (Wildman–Crippen LogP) is 1.77. The molecular weight excluding hydrogens is 408 g/mol. The monoisotopic (exact) mass is 432 g/mol. The van der Waals surface area contributed by atoms with Gasteiger partial charge in [0.1, 0.15) is 0 Å². The van der Waals surface area contributed by atoms with Gasteiger partial charge in [0.25, 0.3) is 11.6 Å². The number of benzene rings is 2. The molecule has 2 aromatic rings. The van der Waals surface area contributed by atoms with Gasteiger partial charge in [-0.2, -0.15) is 4.31 Å². The molecule has 1 aliphatic heterocycles. The van der Waals surface area contributed by atoms with Crippen LogP contribution in [0.2, 0.25) is 0 Å². The van der Waals surface area contributed by atoms with Crippen molar-refractivity contribution in [1.29, 1.82) is 0 Å². The van der Waals surface area contributed by atoms with Gasteiger partial charge in [0.15, 0.2) is 0 Å².